The van der Waals surface area contributed by atoms with Crippen molar-refractivity contribution in [1.29, 1.82) is 0 Å². The number of nitrogens with zero attached hydrogens (tertiary/aromatic N) is 4. The van der Waals surface area contributed by atoms with Gasteiger partial charge in [-0.1, -0.05) is 13.8 Å². The summed E-state index contributed by atoms with van der Waals surface area (Å²) < 4.78 is 2.24. The third-order valence-corrected chi connectivity index (χ3v) is 3.62. The average Bonchev–Trinajstić information content (AvgIpc) is 2.89. The first-order chi connectivity index (χ1) is 10.2. The number of hydrogen-bond donors (Lipinski definition) is 1. The van der Waals surface area contributed by atoms with Crippen molar-refractivity contribution < 1.29 is 0 Å². The van der Waals surface area contributed by atoms with Crippen LogP contribution < -0.4 is 5.32 Å². The minimum Gasteiger partial charge on any atom is -0.335 e. The maximum absolute atomic E-state index is 4.52. The van der Waals surface area contributed by atoms with Crippen LogP contribution in [-0.2, 0) is 13.0 Å². The highest BCUT2D eigenvalue weighted by atomic mass is 15.1. The molecule has 1 N–H and O–H groups in total. The summed E-state index contributed by atoms with van der Waals surface area (Å²) in [5, 5.41) is 11.9. The van der Waals surface area contributed by atoms with Crippen LogP contribution in [0.25, 0.3) is 0 Å². The Labute approximate surface area is 126 Å². The fraction of sp³-hybridized carbons (Fsp3) is 0.562. The van der Waals surface area contributed by atoms with Gasteiger partial charge in [0.25, 0.3) is 0 Å². The zero-order valence-electron chi connectivity index (χ0n) is 13.4. The number of likely N-dealkylation sites (N-methyl/N-ethyl adjacent to an activating group) is 1. The molecule has 0 aliphatic heterocycles. The van der Waals surface area contributed by atoms with E-state index in [4.69, 9.17) is 0 Å². The van der Waals surface area contributed by atoms with Crippen LogP contribution >= 0.6 is 0 Å². The van der Waals surface area contributed by atoms with E-state index in [0.29, 0.717) is 0 Å². The maximum Gasteiger partial charge on any atom is 0.110 e. The first-order valence-electron chi connectivity index (χ1n) is 7.69. The Hall–Kier alpha value is -1.75. The van der Waals surface area contributed by atoms with Gasteiger partial charge in [-0.25, -0.2) is 4.98 Å². The van der Waals surface area contributed by atoms with Crippen LogP contribution in [0.5, 0.6) is 0 Å². The van der Waals surface area contributed by atoms with Gasteiger partial charge >= 0.3 is 0 Å². The van der Waals surface area contributed by atoms with Crippen molar-refractivity contribution in [3.8, 4) is 0 Å². The predicted octanol–water partition coefficient (Wildman–Crippen LogP) is 2.59. The molecule has 21 heavy (non-hydrogen) atoms. The molecule has 2 aromatic rings. The second kappa shape index (κ2) is 7.31. The standard InChI is InChI=1S/C16H25N5/c1-5-8-21-9-7-18-16(21)11-15(17-6-2)14-10-12(3)19-20-13(14)4/h7,9-10,15,17H,5-6,8,11H2,1-4H3. The molecule has 5 heteroatoms. The number of imidazole rings is 1. The van der Waals surface area contributed by atoms with Gasteiger partial charge in [0.05, 0.1) is 11.4 Å². The van der Waals surface area contributed by atoms with E-state index in [1.165, 1.54) is 5.56 Å². The van der Waals surface area contributed by atoms with Crippen molar-refractivity contribution in [3.63, 3.8) is 0 Å². The highest BCUT2D eigenvalue weighted by Gasteiger charge is 2.17. The van der Waals surface area contributed by atoms with Gasteiger partial charge in [0.1, 0.15) is 5.82 Å². The predicted molar refractivity (Wildman–Crippen MR) is 84.1 cm³/mol. The van der Waals surface area contributed by atoms with Crippen molar-refractivity contribution in [2.75, 3.05) is 6.54 Å². The Kier molecular flexibility index (Phi) is 5.44. The van der Waals surface area contributed by atoms with Gasteiger partial charge in [-0.2, -0.15) is 10.2 Å². The lowest BCUT2D eigenvalue weighted by atomic mass is 10.0. The van der Waals surface area contributed by atoms with Gasteiger partial charge in [-0.05, 0) is 38.4 Å². The topological polar surface area (TPSA) is 55.6 Å². The zero-order valence-corrected chi connectivity index (χ0v) is 13.4. The molecule has 5 nitrogen and oxygen atoms in total. The van der Waals surface area contributed by atoms with Gasteiger partial charge < -0.3 is 9.88 Å². The lowest BCUT2D eigenvalue weighted by Gasteiger charge is -2.20. The molecule has 1 atom stereocenters. The Morgan fingerprint density at radius 1 is 1.24 bits per heavy atom. The molecule has 0 saturated heterocycles. The number of aromatic nitrogens is 4. The molecule has 0 aliphatic rings. The second-order valence-electron chi connectivity index (χ2n) is 5.38. The Bertz CT molecular complexity index is 576. The molecule has 1 unspecified atom stereocenters. The van der Waals surface area contributed by atoms with E-state index in [1.807, 2.05) is 20.0 Å². The van der Waals surface area contributed by atoms with Gasteiger partial charge in [0, 0.05) is 31.4 Å². The van der Waals surface area contributed by atoms with E-state index < -0.39 is 0 Å². The average molecular weight is 287 g/mol. The van der Waals surface area contributed by atoms with Crippen LogP contribution in [0.3, 0.4) is 0 Å². The molecule has 0 radical (unpaired) electrons. The van der Waals surface area contributed by atoms with Crippen molar-refractivity contribution in [1.82, 2.24) is 25.1 Å². The van der Waals surface area contributed by atoms with Crippen molar-refractivity contribution >= 4 is 0 Å². The van der Waals surface area contributed by atoms with E-state index in [0.717, 1.165) is 43.1 Å². The molecule has 0 amide bonds. The van der Waals surface area contributed by atoms with Crippen LogP contribution in [0.1, 0.15) is 49.1 Å². The minimum atomic E-state index is 0.224. The van der Waals surface area contributed by atoms with E-state index in [2.05, 4.69) is 51.2 Å². The minimum absolute atomic E-state index is 0.224. The smallest absolute Gasteiger partial charge is 0.110 e. The third kappa shape index (κ3) is 3.88. The van der Waals surface area contributed by atoms with Crippen LogP contribution in [-0.4, -0.2) is 26.3 Å². The van der Waals surface area contributed by atoms with Gasteiger partial charge in [0.15, 0.2) is 0 Å². The van der Waals surface area contributed by atoms with E-state index in [-0.39, 0.29) is 6.04 Å². The van der Waals surface area contributed by atoms with Crippen molar-refractivity contribution in [2.45, 2.75) is 53.1 Å². The van der Waals surface area contributed by atoms with Crippen LogP contribution in [0, 0.1) is 13.8 Å². The quantitative estimate of drug-likeness (QED) is 0.850. The Morgan fingerprint density at radius 3 is 2.76 bits per heavy atom. The lowest BCUT2D eigenvalue weighted by molar-refractivity contribution is 0.511. The number of nitrogens with one attached hydrogen (secondary N) is 1. The summed E-state index contributed by atoms with van der Waals surface area (Å²) in [5.74, 6) is 1.12. The van der Waals surface area contributed by atoms with E-state index >= 15 is 0 Å². The molecular weight excluding hydrogens is 262 g/mol. The Morgan fingerprint density at radius 2 is 2.05 bits per heavy atom. The molecule has 2 aromatic heterocycles. The van der Waals surface area contributed by atoms with E-state index in [9.17, 15) is 0 Å². The summed E-state index contributed by atoms with van der Waals surface area (Å²) in [7, 11) is 0. The lowest BCUT2D eigenvalue weighted by Crippen LogP contribution is -2.25. The molecule has 2 heterocycles. The normalized spacial score (nSPS) is 12.6. The fourth-order valence-electron chi connectivity index (χ4n) is 2.62. The summed E-state index contributed by atoms with van der Waals surface area (Å²) >= 11 is 0. The highest BCUT2D eigenvalue weighted by molar-refractivity contribution is 5.24. The number of aryl methyl sites for hydroxylation is 3. The summed E-state index contributed by atoms with van der Waals surface area (Å²) in [6.07, 6.45) is 5.93. The zero-order chi connectivity index (χ0) is 15.2. The number of rotatable bonds is 7. The molecule has 0 bridgehead atoms. The van der Waals surface area contributed by atoms with Crippen LogP contribution in [0.2, 0.25) is 0 Å². The molecule has 0 fully saturated rings. The largest absolute Gasteiger partial charge is 0.335 e. The Balaban J connectivity index is 2.26. The molecule has 2 rings (SSSR count). The molecule has 0 saturated carbocycles. The summed E-state index contributed by atoms with van der Waals surface area (Å²) in [5.41, 5.74) is 3.16. The van der Waals surface area contributed by atoms with Crippen molar-refractivity contribution in [3.05, 3.63) is 41.2 Å². The molecule has 114 valence electrons. The molecule has 0 aliphatic carbocycles. The SMILES string of the molecule is CCCn1ccnc1CC(NCC)c1cc(C)nnc1C. The molecular formula is C16H25N5. The first kappa shape index (κ1) is 15.6. The van der Waals surface area contributed by atoms with Gasteiger partial charge in [0.2, 0.25) is 0 Å². The van der Waals surface area contributed by atoms with Crippen molar-refractivity contribution in [2.24, 2.45) is 0 Å². The summed E-state index contributed by atoms with van der Waals surface area (Å²) in [4.78, 5) is 4.52. The van der Waals surface area contributed by atoms with Gasteiger partial charge in [-0.15, -0.1) is 0 Å². The number of hydrogen-bond acceptors (Lipinski definition) is 4. The maximum atomic E-state index is 4.52. The van der Waals surface area contributed by atoms with Crippen LogP contribution in [0.4, 0.5) is 0 Å². The van der Waals surface area contributed by atoms with E-state index in [1.54, 1.807) is 0 Å². The third-order valence-electron chi connectivity index (χ3n) is 3.62. The van der Waals surface area contributed by atoms with Crippen LogP contribution in [0.15, 0.2) is 18.5 Å². The highest BCUT2D eigenvalue weighted by Crippen LogP contribution is 2.20. The second-order valence-corrected chi connectivity index (χ2v) is 5.38. The fourth-order valence-corrected chi connectivity index (χ4v) is 2.62. The molecule has 0 aromatic carbocycles. The first-order valence-corrected chi connectivity index (χ1v) is 7.69. The van der Waals surface area contributed by atoms with Gasteiger partial charge in [-0.3, -0.25) is 0 Å². The monoisotopic (exact) mass is 287 g/mol. The summed E-state index contributed by atoms with van der Waals surface area (Å²) in [6, 6.07) is 2.35. The summed E-state index contributed by atoms with van der Waals surface area (Å²) in [6.45, 7) is 10.2. The molecule has 0 spiro atoms.